The molecule has 0 spiro atoms. The Morgan fingerprint density at radius 1 is 1.21 bits per heavy atom. The Morgan fingerprint density at radius 2 is 2.11 bits per heavy atom. The summed E-state index contributed by atoms with van der Waals surface area (Å²) in [6.07, 6.45) is 7.66. The van der Waals surface area contributed by atoms with Crippen molar-refractivity contribution in [3.63, 3.8) is 0 Å². The second kappa shape index (κ2) is 6.62. The summed E-state index contributed by atoms with van der Waals surface area (Å²) >= 11 is 0. The van der Waals surface area contributed by atoms with Crippen molar-refractivity contribution in [2.75, 3.05) is 17.6 Å². The largest absolute Gasteiger partial charge is 0.368 e. The summed E-state index contributed by atoms with van der Waals surface area (Å²) in [4.78, 5) is 16.1. The van der Waals surface area contributed by atoms with Crippen LogP contribution in [0.5, 0.6) is 0 Å². The average molecular weight is 262 g/mol. The van der Waals surface area contributed by atoms with Gasteiger partial charge in [-0.15, -0.1) is 0 Å². The van der Waals surface area contributed by atoms with Crippen LogP contribution in [-0.4, -0.2) is 36.3 Å². The number of hydrogen-bond donors (Lipinski definition) is 2. The monoisotopic (exact) mass is 262 g/mol. The van der Waals surface area contributed by atoms with Crippen molar-refractivity contribution < 1.29 is 0 Å². The molecule has 2 aromatic rings. The highest BCUT2D eigenvalue weighted by molar-refractivity contribution is 5.34. The Hall–Kier alpha value is -2.25. The lowest BCUT2D eigenvalue weighted by atomic mass is 10.2. The van der Waals surface area contributed by atoms with E-state index in [0.29, 0.717) is 11.9 Å². The fourth-order valence-electron chi connectivity index (χ4n) is 1.63. The molecule has 3 N–H and O–H groups in total. The predicted octanol–water partition coefficient (Wildman–Crippen LogP) is 1.03. The van der Waals surface area contributed by atoms with Gasteiger partial charge in [-0.1, -0.05) is 26.2 Å². The Balaban J connectivity index is 1.97. The van der Waals surface area contributed by atoms with Gasteiger partial charge < -0.3 is 11.1 Å². The van der Waals surface area contributed by atoms with Crippen LogP contribution in [0.2, 0.25) is 0 Å². The summed E-state index contributed by atoms with van der Waals surface area (Å²) in [5.41, 5.74) is 5.65. The normalized spacial score (nSPS) is 10.6. The van der Waals surface area contributed by atoms with E-state index in [4.69, 9.17) is 5.73 Å². The van der Waals surface area contributed by atoms with Crippen molar-refractivity contribution in [3.05, 3.63) is 12.7 Å². The van der Waals surface area contributed by atoms with Crippen molar-refractivity contribution in [1.82, 2.24) is 29.7 Å². The third kappa shape index (κ3) is 3.87. The van der Waals surface area contributed by atoms with Crippen molar-refractivity contribution in [3.8, 4) is 5.95 Å². The van der Waals surface area contributed by atoms with Gasteiger partial charge >= 0.3 is 0 Å². The molecule has 0 radical (unpaired) electrons. The maximum absolute atomic E-state index is 5.65. The van der Waals surface area contributed by atoms with Gasteiger partial charge in [0.05, 0.1) is 0 Å². The van der Waals surface area contributed by atoms with Crippen LogP contribution >= 0.6 is 0 Å². The molecule has 2 rings (SSSR count). The highest BCUT2D eigenvalue weighted by atomic mass is 15.4. The van der Waals surface area contributed by atoms with E-state index in [2.05, 4.69) is 37.3 Å². The molecular formula is C11H18N8. The first-order chi connectivity index (χ1) is 9.29. The van der Waals surface area contributed by atoms with Crippen LogP contribution in [0.25, 0.3) is 5.95 Å². The van der Waals surface area contributed by atoms with Gasteiger partial charge in [-0.25, -0.2) is 4.98 Å². The smallest absolute Gasteiger partial charge is 0.258 e. The van der Waals surface area contributed by atoms with Crippen LogP contribution in [0.3, 0.4) is 0 Å². The molecule has 0 saturated heterocycles. The number of nitrogen functional groups attached to an aromatic ring is 1. The zero-order valence-corrected chi connectivity index (χ0v) is 11.0. The number of aromatic nitrogens is 6. The molecule has 0 aliphatic carbocycles. The van der Waals surface area contributed by atoms with Gasteiger partial charge in [0.15, 0.2) is 0 Å². The summed E-state index contributed by atoms with van der Waals surface area (Å²) in [7, 11) is 0. The first-order valence-electron chi connectivity index (χ1n) is 6.40. The minimum atomic E-state index is 0.163. The highest BCUT2D eigenvalue weighted by Gasteiger charge is 2.06. The molecule has 0 aromatic carbocycles. The molecule has 102 valence electrons. The van der Waals surface area contributed by atoms with Crippen LogP contribution in [0, 0.1) is 0 Å². The lowest BCUT2D eigenvalue weighted by Gasteiger charge is -2.06. The SMILES string of the molecule is CCCCCCNc1nc(N)nc(-n2cncn2)n1. The first-order valence-corrected chi connectivity index (χ1v) is 6.40. The summed E-state index contributed by atoms with van der Waals surface area (Å²) in [6.45, 7) is 3.00. The van der Waals surface area contributed by atoms with E-state index in [1.165, 1.54) is 36.6 Å². The van der Waals surface area contributed by atoms with E-state index in [9.17, 15) is 0 Å². The molecule has 0 atom stereocenters. The van der Waals surface area contributed by atoms with E-state index in [1.54, 1.807) is 0 Å². The molecule has 19 heavy (non-hydrogen) atoms. The molecule has 0 bridgehead atoms. The van der Waals surface area contributed by atoms with Crippen LogP contribution < -0.4 is 11.1 Å². The summed E-state index contributed by atoms with van der Waals surface area (Å²) < 4.78 is 1.44. The van der Waals surface area contributed by atoms with Gasteiger partial charge in [-0.05, 0) is 6.42 Å². The number of unbranched alkanes of at least 4 members (excludes halogenated alkanes) is 3. The molecule has 8 heteroatoms. The van der Waals surface area contributed by atoms with E-state index in [0.717, 1.165) is 13.0 Å². The quantitative estimate of drug-likeness (QED) is 0.717. The Morgan fingerprint density at radius 3 is 2.84 bits per heavy atom. The van der Waals surface area contributed by atoms with Crippen molar-refractivity contribution >= 4 is 11.9 Å². The number of rotatable bonds is 7. The molecule has 0 amide bonds. The number of anilines is 2. The zero-order valence-electron chi connectivity index (χ0n) is 11.0. The Labute approximate surface area is 111 Å². The van der Waals surface area contributed by atoms with Gasteiger partial charge in [0.2, 0.25) is 11.9 Å². The topological polar surface area (TPSA) is 107 Å². The minimum absolute atomic E-state index is 0.163. The third-order valence-corrected chi connectivity index (χ3v) is 2.58. The molecule has 0 aliphatic heterocycles. The molecule has 2 aromatic heterocycles. The summed E-state index contributed by atoms with van der Waals surface area (Å²) in [6, 6.07) is 0. The van der Waals surface area contributed by atoms with Crippen LogP contribution in [-0.2, 0) is 0 Å². The number of hydrogen-bond acceptors (Lipinski definition) is 7. The lowest BCUT2D eigenvalue weighted by molar-refractivity contribution is 0.682. The van der Waals surface area contributed by atoms with Gasteiger partial charge in [0, 0.05) is 6.54 Å². The van der Waals surface area contributed by atoms with E-state index < -0.39 is 0 Å². The molecular weight excluding hydrogens is 244 g/mol. The molecule has 2 heterocycles. The van der Waals surface area contributed by atoms with Crippen LogP contribution in [0.1, 0.15) is 32.6 Å². The Bertz CT molecular complexity index is 495. The first kappa shape index (κ1) is 13.2. The molecule has 0 unspecified atom stereocenters. The highest BCUT2D eigenvalue weighted by Crippen LogP contribution is 2.06. The fraction of sp³-hybridized carbons (Fsp3) is 0.545. The lowest BCUT2D eigenvalue weighted by Crippen LogP contribution is -2.12. The maximum atomic E-state index is 5.65. The van der Waals surface area contributed by atoms with E-state index in [1.807, 2.05) is 0 Å². The van der Waals surface area contributed by atoms with Crippen molar-refractivity contribution in [2.24, 2.45) is 0 Å². The second-order valence-electron chi connectivity index (χ2n) is 4.14. The summed E-state index contributed by atoms with van der Waals surface area (Å²) in [5.74, 6) is 0.993. The zero-order chi connectivity index (χ0) is 13.5. The van der Waals surface area contributed by atoms with Gasteiger partial charge in [0.1, 0.15) is 12.7 Å². The minimum Gasteiger partial charge on any atom is -0.368 e. The molecule has 8 nitrogen and oxygen atoms in total. The standard InChI is InChI=1S/C11H18N8/c1-2-3-4-5-6-14-10-16-9(12)17-11(18-10)19-8-13-7-15-19/h7-8H,2-6H2,1H3,(H3,12,14,16,17,18). The average Bonchev–Trinajstić information content (AvgIpc) is 2.92. The fourth-order valence-corrected chi connectivity index (χ4v) is 1.63. The van der Waals surface area contributed by atoms with Crippen LogP contribution in [0.4, 0.5) is 11.9 Å². The van der Waals surface area contributed by atoms with E-state index in [-0.39, 0.29) is 5.95 Å². The number of nitrogens with two attached hydrogens (primary N) is 1. The molecule has 0 fully saturated rings. The second-order valence-corrected chi connectivity index (χ2v) is 4.14. The number of nitrogens with zero attached hydrogens (tertiary/aromatic N) is 6. The van der Waals surface area contributed by atoms with E-state index >= 15 is 0 Å². The van der Waals surface area contributed by atoms with Gasteiger partial charge in [-0.2, -0.15) is 24.7 Å². The maximum Gasteiger partial charge on any atom is 0.258 e. The van der Waals surface area contributed by atoms with Crippen LogP contribution in [0.15, 0.2) is 12.7 Å². The predicted molar refractivity (Wildman–Crippen MR) is 71.8 cm³/mol. The number of nitrogens with one attached hydrogen (secondary N) is 1. The van der Waals surface area contributed by atoms with Crippen molar-refractivity contribution in [2.45, 2.75) is 32.6 Å². The third-order valence-electron chi connectivity index (χ3n) is 2.58. The van der Waals surface area contributed by atoms with Gasteiger partial charge in [0.25, 0.3) is 5.95 Å². The van der Waals surface area contributed by atoms with Crippen molar-refractivity contribution in [1.29, 1.82) is 0 Å². The summed E-state index contributed by atoms with van der Waals surface area (Å²) in [5, 5.41) is 7.10. The molecule has 0 aliphatic rings. The Kier molecular flexibility index (Phi) is 4.60. The van der Waals surface area contributed by atoms with Gasteiger partial charge in [-0.3, -0.25) is 0 Å². The molecule has 0 saturated carbocycles.